The topological polar surface area (TPSA) is 68.0 Å². The summed E-state index contributed by atoms with van der Waals surface area (Å²) in [5.41, 5.74) is 3.74. The molecule has 4 rings (SSSR count). The fourth-order valence-electron chi connectivity index (χ4n) is 3.82. The fraction of sp³-hybridized carbons (Fsp3) is 0.350. The molecule has 0 bridgehead atoms. The van der Waals surface area contributed by atoms with Gasteiger partial charge in [0, 0.05) is 31.4 Å². The number of benzene rings is 1. The molecule has 1 saturated heterocycles. The van der Waals surface area contributed by atoms with Gasteiger partial charge in [0.05, 0.1) is 24.1 Å². The predicted octanol–water partition coefficient (Wildman–Crippen LogP) is 2.55. The van der Waals surface area contributed by atoms with Gasteiger partial charge in [0.2, 0.25) is 5.91 Å². The van der Waals surface area contributed by atoms with Crippen LogP contribution in [0.25, 0.3) is 5.69 Å². The number of carbonyl (C=O) groups is 1. The van der Waals surface area contributed by atoms with Gasteiger partial charge in [-0.3, -0.25) is 9.69 Å². The highest BCUT2D eigenvalue weighted by Gasteiger charge is 2.36. The van der Waals surface area contributed by atoms with Crippen molar-refractivity contribution < 1.29 is 4.79 Å². The molecular weight excluding hydrogens is 376 g/mol. The molecular formula is C20H23ClN6O. The van der Waals surface area contributed by atoms with Gasteiger partial charge in [-0.2, -0.15) is 5.10 Å². The van der Waals surface area contributed by atoms with Gasteiger partial charge < -0.3 is 9.88 Å². The summed E-state index contributed by atoms with van der Waals surface area (Å²) in [4.78, 5) is 19.4. The van der Waals surface area contributed by atoms with Crippen LogP contribution in [-0.2, 0) is 18.4 Å². The molecule has 0 unspecified atom stereocenters. The van der Waals surface area contributed by atoms with Crippen LogP contribution in [0, 0.1) is 13.8 Å². The van der Waals surface area contributed by atoms with Gasteiger partial charge in [-0.05, 0) is 26.0 Å². The second kappa shape index (κ2) is 7.41. The van der Waals surface area contributed by atoms with Crippen molar-refractivity contribution in [2.24, 2.45) is 7.05 Å². The van der Waals surface area contributed by atoms with Crippen LogP contribution in [0.4, 0.5) is 0 Å². The zero-order valence-electron chi connectivity index (χ0n) is 16.2. The maximum Gasteiger partial charge on any atom is 0.242 e. The number of nitrogens with zero attached hydrogens (tertiary/aromatic N) is 5. The van der Waals surface area contributed by atoms with Crippen molar-refractivity contribution in [2.75, 3.05) is 13.1 Å². The van der Waals surface area contributed by atoms with Gasteiger partial charge in [-0.25, -0.2) is 9.67 Å². The van der Waals surface area contributed by atoms with E-state index in [-0.39, 0.29) is 5.91 Å². The Balaban J connectivity index is 1.73. The molecule has 2 aromatic heterocycles. The summed E-state index contributed by atoms with van der Waals surface area (Å²) in [6.07, 6.45) is 1.64. The van der Waals surface area contributed by atoms with Crippen LogP contribution < -0.4 is 5.32 Å². The molecule has 3 aromatic rings. The number of piperazine rings is 1. The average molecular weight is 399 g/mol. The van der Waals surface area contributed by atoms with Gasteiger partial charge in [0.1, 0.15) is 17.0 Å². The highest BCUT2D eigenvalue weighted by atomic mass is 35.5. The quantitative estimate of drug-likeness (QED) is 0.733. The van der Waals surface area contributed by atoms with Crippen molar-refractivity contribution in [3.8, 4) is 5.69 Å². The lowest BCUT2D eigenvalue weighted by molar-refractivity contribution is -0.129. The lowest BCUT2D eigenvalue weighted by atomic mass is 10.00. The molecule has 0 spiro atoms. The normalized spacial score (nSPS) is 17.7. The van der Waals surface area contributed by atoms with E-state index >= 15 is 0 Å². The first-order valence-corrected chi connectivity index (χ1v) is 9.64. The first-order valence-electron chi connectivity index (χ1n) is 9.26. The summed E-state index contributed by atoms with van der Waals surface area (Å²) in [7, 11) is 1.88. The highest BCUT2D eigenvalue weighted by molar-refractivity contribution is 6.29. The summed E-state index contributed by atoms with van der Waals surface area (Å²) in [5, 5.41) is 8.30. The molecule has 0 saturated carbocycles. The summed E-state index contributed by atoms with van der Waals surface area (Å²) >= 11 is 6.14. The number of amides is 1. The fourth-order valence-corrected chi connectivity index (χ4v) is 3.97. The first kappa shape index (κ1) is 18.7. The van der Waals surface area contributed by atoms with Crippen molar-refractivity contribution in [1.82, 2.24) is 29.5 Å². The maximum absolute atomic E-state index is 12.9. The average Bonchev–Trinajstić information content (AvgIpc) is 3.16. The molecule has 0 radical (unpaired) electrons. The van der Waals surface area contributed by atoms with E-state index in [1.807, 2.05) is 60.5 Å². The van der Waals surface area contributed by atoms with E-state index in [9.17, 15) is 4.79 Å². The standard InChI is InChI=1S/C20H23ClN6O/c1-13-18(14(2)27(24-13)15-7-5-4-6-8-15)19-20(28)22-9-10-26(19)12-17-23-11-16(21)25(17)3/h4-8,11,19H,9-10,12H2,1-3H3,(H,22,28)/t19-/m1/s1. The van der Waals surface area contributed by atoms with Crippen molar-refractivity contribution in [2.45, 2.75) is 26.4 Å². The second-order valence-electron chi connectivity index (χ2n) is 7.05. The van der Waals surface area contributed by atoms with Crippen molar-refractivity contribution in [3.05, 3.63) is 64.5 Å². The van der Waals surface area contributed by atoms with E-state index in [1.165, 1.54) is 0 Å². The SMILES string of the molecule is Cc1nn(-c2ccccc2)c(C)c1[C@@H]1C(=O)NCCN1Cc1ncc(Cl)n1C. The molecule has 1 fully saturated rings. The number of hydrogen-bond donors (Lipinski definition) is 1. The monoisotopic (exact) mass is 398 g/mol. The minimum absolute atomic E-state index is 0.00892. The third kappa shape index (κ3) is 3.21. The molecule has 3 heterocycles. The highest BCUT2D eigenvalue weighted by Crippen LogP contribution is 2.31. The first-order chi connectivity index (χ1) is 13.5. The Kier molecular flexibility index (Phi) is 4.95. The molecule has 8 heteroatoms. The Morgan fingerprint density at radius 2 is 2.00 bits per heavy atom. The van der Waals surface area contributed by atoms with E-state index in [0.717, 1.165) is 35.0 Å². The van der Waals surface area contributed by atoms with E-state index < -0.39 is 6.04 Å². The molecule has 0 aliphatic carbocycles. The number of para-hydroxylation sites is 1. The predicted molar refractivity (Wildman–Crippen MR) is 107 cm³/mol. The minimum Gasteiger partial charge on any atom is -0.353 e. The maximum atomic E-state index is 12.9. The zero-order valence-corrected chi connectivity index (χ0v) is 16.9. The van der Waals surface area contributed by atoms with E-state index in [2.05, 4.69) is 15.2 Å². The van der Waals surface area contributed by atoms with Crippen molar-refractivity contribution in [1.29, 1.82) is 0 Å². The molecule has 1 N–H and O–H groups in total. The Bertz CT molecular complexity index is 1010. The number of rotatable bonds is 4. The number of nitrogens with one attached hydrogen (secondary N) is 1. The molecule has 1 aliphatic heterocycles. The van der Waals surface area contributed by atoms with Crippen LogP contribution in [0.5, 0.6) is 0 Å². The number of halogens is 1. The second-order valence-corrected chi connectivity index (χ2v) is 7.44. The molecule has 28 heavy (non-hydrogen) atoms. The number of hydrogen-bond acceptors (Lipinski definition) is 4. The van der Waals surface area contributed by atoms with E-state index in [0.29, 0.717) is 18.2 Å². The Hall–Kier alpha value is -2.64. The molecule has 1 amide bonds. The number of aryl methyl sites for hydroxylation is 1. The lowest BCUT2D eigenvalue weighted by Crippen LogP contribution is -2.50. The third-order valence-corrected chi connectivity index (χ3v) is 5.66. The molecule has 1 aliphatic rings. The molecule has 7 nitrogen and oxygen atoms in total. The third-order valence-electron chi connectivity index (χ3n) is 5.31. The summed E-state index contributed by atoms with van der Waals surface area (Å²) < 4.78 is 3.75. The van der Waals surface area contributed by atoms with E-state index in [4.69, 9.17) is 16.7 Å². The summed E-state index contributed by atoms with van der Waals surface area (Å²) in [6.45, 7) is 5.85. The van der Waals surface area contributed by atoms with Gasteiger partial charge in [0.25, 0.3) is 0 Å². The van der Waals surface area contributed by atoms with Crippen molar-refractivity contribution >= 4 is 17.5 Å². The minimum atomic E-state index is -0.415. The van der Waals surface area contributed by atoms with Gasteiger partial charge >= 0.3 is 0 Å². The van der Waals surface area contributed by atoms with Crippen LogP contribution in [0.15, 0.2) is 36.5 Å². The van der Waals surface area contributed by atoms with Crippen LogP contribution in [-0.4, -0.2) is 43.2 Å². The summed E-state index contributed by atoms with van der Waals surface area (Å²) in [6, 6.07) is 9.55. The van der Waals surface area contributed by atoms with Gasteiger partial charge in [0.15, 0.2) is 0 Å². The van der Waals surface area contributed by atoms with E-state index in [1.54, 1.807) is 6.20 Å². The Morgan fingerprint density at radius 3 is 2.68 bits per heavy atom. The van der Waals surface area contributed by atoms with Crippen LogP contribution in [0.2, 0.25) is 5.15 Å². The smallest absolute Gasteiger partial charge is 0.242 e. The van der Waals surface area contributed by atoms with Crippen LogP contribution in [0.1, 0.15) is 28.8 Å². The molecule has 146 valence electrons. The molecule has 1 aromatic carbocycles. The number of imidazole rings is 1. The van der Waals surface area contributed by atoms with Crippen LogP contribution >= 0.6 is 11.6 Å². The zero-order chi connectivity index (χ0) is 19.8. The summed E-state index contributed by atoms with van der Waals surface area (Å²) in [5.74, 6) is 0.820. The largest absolute Gasteiger partial charge is 0.353 e. The van der Waals surface area contributed by atoms with Gasteiger partial charge in [-0.1, -0.05) is 29.8 Å². The number of carbonyl (C=O) groups excluding carboxylic acids is 1. The molecule has 1 atom stereocenters. The number of aromatic nitrogens is 4. The van der Waals surface area contributed by atoms with Crippen molar-refractivity contribution in [3.63, 3.8) is 0 Å². The lowest BCUT2D eigenvalue weighted by Gasteiger charge is -2.35. The Labute approximate surface area is 168 Å². The Morgan fingerprint density at radius 1 is 1.25 bits per heavy atom. The van der Waals surface area contributed by atoms with Crippen LogP contribution in [0.3, 0.4) is 0 Å². The van der Waals surface area contributed by atoms with Gasteiger partial charge in [-0.15, -0.1) is 0 Å².